The monoisotopic (exact) mass is 383 g/mol. The van der Waals surface area contributed by atoms with Crippen molar-refractivity contribution in [1.82, 2.24) is 5.32 Å². The van der Waals surface area contributed by atoms with Crippen molar-refractivity contribution in [2.75, 3.05) is 13.2 Å². The van der Waals surface area contributed by atoms with E-state index in [9.17, 15) is 9.90 Å². The minimum atomic E-state index is -0.517. The van der Waals surface area contributed by atoms with Crippen molar-refractivity contribution in [2.24, 2.45) is 11.3 Å². The lowest BCUT2D eigenvalue weighted by molar-refractivity contribution is 0.0439. The fourth-order valence-corrected chi connectivity index (χ4v) is 3.12. The molecule has 1 aromatic carbocycles. The first-order chi connectivity index (χ1) is 10.7. The van der Waals surface area contributed by atoms with Gasteiger partial charge >= 0.3 is 6.09 Å². The molecular weight excluding hydrogens is 358 g/mol. The molecule has 1 saturated carbocycles. The number of aliphatic hydroxyl groups excluding tert-OH is 1. The average Bonchev–Trinajstić information content (AvgIpc) is 3.29. The minimum Gasteiger partial charge on any atom is -0.444 e. The number of carbonyl (C=O) groups excluding carboxylic acids is 1. The van der Waals surface area contributed by atoms with Crippen molar-refractivity contribution in [2.45, 2.75) is 45.6 Å². The van der Waals surface area contributed by atoms with Crippen LogP contribution in [0.4, 0.5) is 4.79 Å². The number of rotatable bonds is 6. The maximum absolute atomic E-state index is 11.9. The van der Waals surface area contributed by atoms with Crippen LogP contribution < -0.4 is 5.32 Å². The normalized spacial score (nSPS) is 17.4. The van der Waals surface area contributed by atoms with E-state index in [1.807, 2.05) is 32.9 Å². The fraction of sp³-hybridized carbons (Fsp3) is 0.611. The summed E-state index contributed by atoms with van der Waals surface area (Å²) in [6.07, 6.45) is 2.53. The highest BCUT2D eigenvalue weighted by molar-refractivity contribution is 9.10. The van der Waals surface area contributed by atoms with Crippen LogP contribution in [0.15, 0.2) is 28.7 Å². The number of alkyl carbamates (subject to hydrolysis) is 1. The number of carbonyl (C=O) groups is 1. The van der Waals surface area contributed by atoms with Crippen LogP contribution >= 0.6 is 15.9 Å². The molecule has 1 aromatic rings. The van der Waals surface area contributed by atoms with Gasteiger partial charge < -0.3 is 15.2 Å². The molecule has 0 aromatic heterocycles. The van der Waals surface area contributed by atoms with Gasteiger partial charge in [0.05, 0.1) is 6.61 Å². The molecule has 5 heteroatoms. The number of ether oxygens (including phenoxy) is 1. The molecule has 0 saturated heterocycles. The molecule has 0 aliphatic heterocycles. The lowest BCUT2D eigenvalue weighted by Gasteiger charge is -2.33. The third-order valence-corrected chi connectivity index (χ3v) is 4.74. The fourth-order valence-electron chi connectivity index (χ4n) is 2.86. The lowest BCUT2D eigenvalue weighted by atomic mass is 9.77. The summed E-state index contributed by atoms with van der Waals surface area (Å²) in [6.45, 7) is 6.01. The smallest absolute Gasteiger partial charge is 0.407 e. The van der Waals surface area contributed by atoms with Gasteiger partial charge in [0.15, 0.2) is 0 Å². The second-order valence-electron chi connectivity index (χ2n) is 7.45. The molecule has 1 fully saturated rings. The molecule has 1 unspecified atom stereocenters. The van der Waals surface area contributed by atoms with Gasteiger partial charge in [-0.15, -0.1) is 0 Å². The average molecular weight is 384 g/mol. The molecule has 2 N–H and O–H groups in total. The van der Waals surface area contributed by atoms with Crippen molar-refractivity contribution in [3.05, 3.63) is 34.3 Å². The van der Waals surface area contributed by atoms with Gasteiger partial charge in [0, 0.05) is 16.4 Å². The summed E-state index contributed by atoms with van der Waals surface area (Å²) in [7, 11) is 0. The largest absolute Gasteiger partial charge is 0.444 e. The van der Waals surface area contributed by atoms with E-state index in [2.05, 4.69) is 33.4 Å². The van der Waals surface area contributed by atoms with Crippen molar-refractivity contribution in [3.8, 4) is 0 Å². The van der Waals surface area contributed by atoms with Gasteiger partial charge in [-0.05, 0) is 63.6 Å². The summed E-state index contributed by atoms with van der Waals surface area (Å²) in [6, 6.07) is 8.13. The minimum absolute atomic E-state index is 0.0591. The van der Waals surface area contributed by atoms with E-state index < -0.39 is 11.7 Å². The summed E-state index contributed by atoms with van der Waals surface area (Å²) in [5.74, 6) is 0.450. The molecule has 128 valence electrons. The van der Waals surface area contributed by atoms with E-state index in [1.165, 1.54) is 5.56 Å². The van der Waals surface area contributed by atoms with Crippen molar-refractivity contribution in [1.29, 1.82) is 0 Å². The molecule has 4 nitrogen and oxygen atoms in total. The van der Waals surface area contributed by atoms with Crippen molar-refractivity contribution >= 4 is 22.0 Å². The Morgan fingerprint density at radius 2 is 1.91 bits per heavy atom. The molecule has 23 heavy (non-hydrogen) atoms. The Morgan fingerprint density at radius 1 is 1.30 bits per heavy atom. The molecule has 1 amide bonds. The Morgan fingerprint density at radius 3 is 2.39 bits per heavy atom. The molecule has 2 rings (SSSR count). The third-order valence-electron chi connectivity index (χ3n) is 4.21. The van der Waals surface area contributed by atoms with Crippen LogP contribution in [0.25, 0.3) is 0 Å². The van der Waals surface area contributed by atoms with E-state index in [0.717, 1.165) is 23.7 Å². The van der Waals surface area contributed by atoms with Crippen LogP contribution in [0, 0.1) is 11.3 Å². The van der Waals surface area contributed by atoms with E-state index in [-0.39, 0.29) is 12.0 Å². The number of halogens is 1. The highest BCUT2D eigenvalue weighted by atomic mass is 79.9. The maximum Gasteiger partial charge on any atom is 0.407 e. The first kappa shape index (κ1) is 18.3. The molecule has 0 heterocycles. The molecule has 1 aliphatic rings. The number of aliphatic hydroxyl groups is 1. The van der Waals surface area contributed by atoms with E-state index in [0.29, 0.717) is 12.5 Å². The van der Waals surface area contributed by atoms with Crippen LogP contribution in [0.5, 0.6) is 0 Å². The zero-order chi connectivity index (χ0) is 17.1. The first-order valence-corrected chi connectivity index (χ1v) is 8.85. The Balaban J connectivity index is 2.04. The summed E-state index contributed by atoms with van der Waals surface area (Å²) in [5.41, 5.74) is 0.335. The van der Waals surface area contributed by atoms with Gasteiger partial charge in [0.2, 0.25) is 0 Å². The Labute approximate surface area is 146 Å². The van der Waals surface area contributed by atoms with Gasteiger partial charge in [0.25, 0.3) is 0 Å². The van der Waals surface area contributed by atoms with Gasteiger partial charge in [-0.1, -0.05) is 28.1 Å². The van der Waals surface area contributed by atoms with Crippen molar-refractivity contribution in [3.63, 3.8) is 0 Å². The molecule has 0 radical (unpaired) electrons. The van der Waals surface area contributed by atoms with Crippen LogP contribution in [0.2, 0.25) is 0 Å². The summed E-state index contributed by atoms with van der Waals surface area (Å²) < 4.78 is 6.34. The Hall–Kier alpha value is -1.07. The lowest BCUT2D eigenvalue weighted by Crippen LogP contribution is -2.44. The van der Waals surface area contributed by atoms with Gasteiger partial charge in [0.1, 0.15) is 5.60 Å². The SMILES string of the molecule is CC(C)(C)OC(=O)NCC(CO)(Cc1ccc(Br)cc1)C1CC1. The second kappa shape index (κ2) is 7.22. The predicted molar refractivity (Wildman–Crippen MR) is 94.3 cm³/mol. The molecule has 0 spiro atoms. The zero-order valence-corrected chi connectivity index (χ0v) is 15.6. The standard InChI is InChI=1S/C18H26BrNO3/c1-17(2,3)23-16(22)20-11-18(12-21,14-6-7-14)10-13-4-8-15(19)9-5-13/h4-5,8-9,14,21H,6-7,10-12H2,1-3H3,(H,20,22). The topological polar surface area (TPSA) is 58.6 Å². The predicted octanol–water partition coefficient (Wildman–Crippen LogP) is 3.91. The van der Waals surface area contributed by atoms with E-state index in [1.54, 1.807) is 0 Å². The number of hydrogen-bond donors (Lipinski definition) is 2. The summed E-state index contributed by atoms with van der Waals surface area (Å²) in [5, 5.41) is 12.9. The van der Waals surface area contributed by atoms with Crippen LogP contribution in [0.1, 0.15) is 39.2 Å². The number of amides is 1. The van der Waals surface area contributed by atoms with Crippen LogP contribution in [-0.4, -0.2) is 30.0 Å². The van der Waals surface area contributed by atoms with Gasteiger partial charge in [-0.2, -0.15) is 0 Å². The number of hydrogen-bond acceptors (Lipinski definition) is 3. The maximum atomic E-state index is 11.9. The second-order valence-corrected chi connectivity index (χ2v) is 8.37. The summed E-state index contributed by atoms with van der Waals surface area (Å²) in [4.78, 5) is 11.9. The highest BCUT2D eigenvalue weighted by Crippen LogP contribution is 2.47. The summed E-state index contributed by atoms with van der Waals surface area (Å²) >= 11 is 3.44. The van der Waals surface area contributed by atoms with Gasteiger partial charge in [-0.25, -0.2) is 4.79 Å². The quantitative estimate of drug-likeness (QED) is 0.782. The molecule has 0 bridgehead atoms. The third kappa shape index (κ3) is 5.50. The first-order valence-electron chi connectivity index (χ1n) is 8.06. The van der Waals surface area contributed by atoms with Crippen LogP contribution in [0.3, 0.4) is 0 Å². The zero-order valence-electron chi connectivity index (χ0n) is 14.1. The van der Waals surface area contributed by atoms with E-state index >= 15 is 0 Å². The molecular formula is C18H26BrNO3. The Bertz CT molecular complexity index is 534. The number of benzene rings is 1. The van der Waals surface area contributed by atoms with Gasteiger partial charge in [-0.3, -0.25) is 0 Å². The Kier molecular flexibility index (Phi) is 5.74. The molecule has 1 atom stereocenters. The van der Waals surface area contributed by atoms with Crippen molar-refractivity contribution < 1.29 is 14.6 Å². The number of nitrogens with one attached hydrogen (secondary N) is 1. The molecule has 1 aliphatic carbocycles. The van der Waals surface area contributed by atoms with E-state index in [4.69, 9.17) is 4.74 Å². The highest BCUT2D eigenvalue weighted by Gasteiger charge is 2.45. The van der Waals surface area contributed by atoms with Crippen LogP contribution in [-0.2, 0) is 11.2 Å².